The van der Waals surface area contributed by atoms with Gasteiger partial charge < -0.3 is 15.4 Å². The van der Waals surface area contributed by atoms with Crippen LogP contribution in [0.3, 0.4) is 0 Å². The highest BCUT2D eigenvalue weighted by Crippen LogP contribution is 2.32. The van der Waals surface area contributed by atoms with Crippen molar-refractivity contribution in [3.8, 4) is 17.0 Å². The smallest absolute Gasteiger partial charge is 0.272 e. The minimum absolute atomic E-state index is 0.147. The van der Waals surface area contributed by atoms with Crippen molar-refractivity contribution < 1.29 is 14.3 Å². The number of carbonyl (C=O) groups is 2. The number of nitrogens with zero attached hydrogens (tertiary/aromatic N) is 3. The van der Waals surface area contributed by atoms with E-state index in [-0.39, 0.29) is 17.6 Å². The summed E-state index contributed by atoms with van der Waals surface area (Å²) in [7, 11) is 1.61. The Morgan fingerprint density at radius 2 is 2.03 bits per heavy atom. The molecule has 0 bridgehead atoms. The van der Waals surface area contributed by atoms with Gasteiger partial charge in [-0.2, -0.15) is 10.2 Å². The third-order valence-corrected chi connectivity index (χ3v) is 5.15. The maximum atomic E-state index is 13.2. The summed E-state index contributed by atoms with van der Waals surface area (Å²) in [5.41, 5.74) is 8.10. The standard InChI is InChI=1S/C20H22N6O3/c1-29-13-6-4-5-12(9-13)14-10-17(25-22-14)20(28)26-8-3-2-7-18(26)15-11-16(19(21)27)24-23-15/h4-6,9-11,18H,2-3,7-8H2,1H3,(H2,21,27)(H,22,25)(H,23,24)/t18-/m0/s1. The molecule has 2 aromatic heterocycles. The average molecular weight is 394 g/mol. The molecule has 1 aliphatic rings. The number of H-pyrrole nitrogens is 2. The molecule has 1 atom stereocenters. The van der Waals surface area contributed by atoms with Crippen molar-refractivity contribution in [3.05, 3.63) is 53.5 Å². The lowest BCUT2D eigenvalue weighted by Gasteiger charge is -2.34. The molecule has 1 aromatic carbocycles. The van der Waals surface area contributed by atoms with E-state index in [0.29, 0.717) is 23.6 Å². The molecule has 4 N–H and O–H groups in total. The number of amides is 2. The minimum atomic E-state index is -0.599. The van der Waals surface area contributed by atoms with Crippen LogP contribution < -0.4 is 10.5 Å². The summed E-state index contributed by atoms with van der Waals surface area (Å²) in [5, 5.41) is 13.9. The maximum absolute atomic E-state index is 13.2. The van der Waals surface area contributed by atoms with E-state index in [1.165, 1.54) is 0 Å². The monoisotopic (exact) mass is 394 g/mol. The Balaban J connectivity index is 1.58. The first-order valence-electron chi connectivity index (χ1n) is 9.42. The van der Waals surface area contributed by atoms with Crippen molar-refractivity contribution in [2.75, 3.05) is 13.7 Å². The van der Waals surface area contributed by atoms with Gasteiger partial charge in [0.05, 0.1) is 24.5 Å². The number of nitrogens with two attached hydrogens (primary N) is 1. The van der Waals surface area contributed by atoms with Crippen LogP contribution in [0.1, 0.15) is 52.0 Å². The van der Waals surface area contributed by atoms with Crippen LogP contribution in [0, 0.1) is 0 Å². The minimum Gasteiger partial charge on any atom is -0.497 e. The number of benzene rings is 1. The van der Waals surface area contributed by atoms with E-state index in [4.69, 9.17) is 10.5 Å². The number of methoxy groups -OCH3 is 1. The Morgan fingerprint density at radius 3 is 2.79 bits per heavy atom. The number of hydrogen-bond acceptors (Lipinski definition) is 5. The molecule has 1 saturated heterocycles. The molecule has 0 radical (unpaired) electrons. The number of aromatic nitrogens is 4. The summed E-state index contributed by atoms with van der Waals surface area (Å²) in [6.45, 7) is 0.613. The molecule has 2 amide bonds. The Kier molecular flexibility index (Phi) is 5.03. The van der Waals surface area contributed by atoms with Crippen LogP contribution in [0.5, 0.6) is 5.75 Å². The van der Waals surface area contributed by atoms with Gasteiger partial charge in [0, 0.05) is 12.1 Å². The number of primary amides is 1. The van der Waals surface area contributed by atoms with E-state index < -0.39 is 5.91 Å². The van der Waals surface area contributed by atoms with Gasteiger partial charge in [-0.25, -0.2) is 0 Å². The lowest BCUT2D eigenvalue weighted by atomic mass is 9.98. The summed E-state index contributed by atoms with van der Waals surface area (Å²) >= 11 is 0. The number of likely N-dealkylation sites (tertiary alicyclic amines) is 1. The predicted molar refractivity (Wildman–Crippen MR) is 105 cm³/mol. The van der Waals surface area contributed by atoms with E-state index in [9.17, 15) is 9.59 Å². The molecule has 1 fully saturated rings. The molecule has 0 unspecified atom stereocenters. The molecule has 3 heterocycles. The van der Waals surface area contributed by atoms with Crippen LogP contribution in [0.2, 0.25) is 0 Å². The first kappa shape index (κ1) is 18.7. The fourth-order valence-corrected chi connectivity index (χ4v) is 3.65. The molecule has 3 aromatic rings. The number of rotatable bonds is 5. The van der Waals surface area contributed by atoms with Crippen LogP contribution in [-0.2, 0) is 0 Å². The van der Waals surface area contributed by atoms with Crippen LogP contribution in [0.25, 0.3) is 11.3 Å². The number of hydrogen-bond donors (Lipinski definition) is 3. The van der Waals surface area contributed by atoms with Crippen molar-refractivity contribution in [2.45, 2.75) is 25.3 Å². The molecule has 9 heteroatoms. The second kappa shape index (κ2) is 7.78. The van der Waals surface area contributed by atoms with Crippen LogP contribution in [-0.4, -0.2) is 50.8 Å². The zero-order chi connectivity index (χ0) is 20.4. The number of aromatic amines is 2. The van der Waals surface area contributed by atoms with Gasteiger partial charge in [-0.15, -0.1) is 0 Å². The highest BCUT2D eigenvalue weighted by Gasteiger charge is 2.31. The van der Waals surface area contributed by atoms with Gasteiger partial charge in [0.15, 0.2) is 0 Å². The number of carbonyl (C=O) groups excluding carboxylic acids is 2. The number of nitrogens with one attached hydrogen (secondary N) is 2. The highest BCUT2D eigenvalue weighted by atomic mass is 16.5. The second-order valence-corrected chi connectivity index (χ2v) is 6.98. The SMILES string of the molecule is COc1cccc(-c2cc(C(=O)N3CCCC[C@H]3c3cc(C(N)=O)n[nH]3)[nH]n2)c1. The molecule has 0 aliphatic carbocycles. The lowest BCUT2D eigenvalue weighted by molar-refractivity contribution is 0.0600. The van der Waals surface area contributed by atoms with E-state index in [0.717, 1.165) is 30.6 Å². The average Bonchev–Trinajstić information content (AvgIpc) is 3.43. The maximum Gasteiger partial charge on any atom is 0.272 e. The fourth-order valence-electron chi connectivity index (χ4n) is 3.65. The summed E-state index contributed by atoms with van der Waals surface area (Å²) in [6.07, 6.45) is 2.68. The highest BCUT2D eigenvalue weighted by molar-refractivity contribution is 5.94. The fraction of sp³-hybridized carbons (Fsp3) is 0.300. The molecule has 150 valence electrons. The third-order valence-electron chi connectivity index (χ3n) is 5.15. The molecule has 4 rings (SSSR count). The van der Waals surface area contributed by atoms with Crippen molar-refractivity contribution in [3.63, 3.8) is 0 Å². The van der Waals surface area contributed by atoms with E-state index in [1.807, 2.05) is 24.3 Å². The van der Waals surface area contributed by atoms with Crippen molar-refractivity contribution >= 4 is 11.8 Å². The van der Waals surface area contributed by atoms with Gasteiger partial charge in [0.1, 0.15) is 17.1 Å². The largest absolute Gasteiger partial charge is 0.497 e. The summed E-state index contributed by atoms with van der Waals surface area (Å²) in [4.78, 5) is 26.3. The molecule has 0 spiro atoms. The van der Waals surface area contributed by atoms with Crippen molar-refractivity contribution in [1.82, 2.24) is 25.3 Å². The molecule has 29 heavy (non-hydrogen) atoms. The van der Waals surface area contributed by atoms with E-state index in [2.05, 4.69) is 20.4 Å². The van der Waals surface area contributed by atoms with Gasteiger partial charge in [-0.1, -0.05) is 12.1 Å². The quantitative estimate of drug-likeness (QED) is 0.611. The molecule has 0 saturated carbocycles. The van der Waals surface area contributed by atoms with Crippen LogP contribution in [0.15, 0.2) is 36.4 Å². The van der Waals surface area contributed by atoms with Gasteiger partial charge in [0.25, 0.3) is 11.8 Å². The van der Waals surface area contributed by atoms with Gasteiger partial charge in [-0.3, -0.25) is 19.8 Å². The Labute approximate surface area is 167 Å². The first-order chi connectivity index (χ1) is 14.1. The topological polar surface area (TPSA) is 130 Å². The first-order valence-corrected chi connectivity index (χ1v) is 9.42. The third kappa shape index (κ3) is 3.71. The van der Waals surface area contributed by atoms with Crippen molar-refractivity contribution in [2.24, 2.45) is 5.73 Å². The molecular weight excluding hydrogens is 372 g/mol. The lowest BCUT2D eigenvalue weighted by Crippen LogP contribution is -2.38. The Hall–Kier alpha value is -3.62. The molecule has 1 aliphatic heterocycles. The summed E-state index contributed by atoms with van der Waals surface area (Å²) in [6, 6.07) is 10.7. The van der Waals surface area contributed by atoms with E-state index in [1.54, 1.807) is 24.1 Å². The Morgan fingerprint density at radius 1 is 1.17 bits per heavy atom. The van der Waals surface area contributed by atoms with Gasteiger partial charge in [-0.05, 0) is 43.5 Å². The van der Waals surface area contributed by atoms with Crippen molar-refractivity contribution in [1.29, 1.82) is 0 Å². The van der Waals surface area contributed by atoms with Gasteiger partial charge >= 0.3 is 0 Å². The predicted octanol–water partition coefficient (Wildman–Crippen LogP) is 2.27. The normalized spacial score (nSPS) is 16.6. The summed E-state index contributed by atoms with van der Waals surface area (Å²) < 4.78 is 5.25. The number of piperidine rings is 1. The number of ether oxygens (including phenoxy) is 1. The van der Waals surface area contributed by atoms with Crippen LogP contribution >= 0.6 is 0 Å². The Bertz CT molecular complexity index is 1040. The van der Waals surface area contributed by atoms with E-state index >= 15 is 0 Å². The zero-order valence-electron chi connectivity index (χ0n) is 16.0. The van der Waals surface area contributed by atoms with Crippen LogP contribution in [0.4, 0.5) is 0 Å². The molecular formula is C20H22N6O3. The zero-order valence-corrected chi connectivity index (χ0v) is 16.0. The second-order valence-electron chi connectivity index (χ2n) is 6.98. The molecule has 9 nitrogen and oxygen atoms in total. The summed E-state index contributed by atoms with van der Waals surface area (Å²) in [5.74, 6) is -0.0248. The van der Waals surface area contributed by atoms with Gasteiger partial charge in [0.2, 0.25) is 0 Å².